The zero-order valence-corrected chi connectivity index (χ0v) is 13.0. The first kappa shape index (κ1) is 15.1. The Morgan fingerprint density at radius 2 is 1.83 bits per heavy atom. The fraction of sp³-hybridized carbons (Fsp3) is 0.294. The van der Waals surface area contributed by atoms with Crippen molar-refractivity contribution in [3.8, 4) is 5.75 Å². The van der Waals surface area contributed by atoms with Crippen molar-refractivity contribution < 1.29 is 23.8 Å². The molecule has 6 nitrogen and oxygen atoms in total. The van der Waals surface area contributed by atoms with Gasteiger partial charge in [-0.3, -0.25) is 4.90 Å². The smallest absolute Gasteiger partial charge is 0.452 e. The van der Waals surface area contributed by atoms with E-state index >= 15 is 0 Å². The summed E-state index contributed by atoms with van der Waals surface area (Å²) >= 11 is 0. The number of anilines is 1. The lowest BCUT2D eigenvalue weighted by molar-refractivity contribution is 0.122. The first-order valence-electron chi connectivity index (χ1n) is 7.31. The molecular weight excluding hydrogens is 298 g/mol. The monoisotopic (exact) mass is 315 g/mol. The highest BCUT2D eigenvalue weighted by atomic mass is 16.7. The molecule has 0 atom stereocenters. The molecule has 0 N–H and O–H groups in total. The van der Waals surface area contributed by atoms with Crippen molar-refractivity contribution in [2.45, 2.75) is 12.8 Å². The zero-order valence-electron chi connectivity index (χ0n) is 13.0. The van der Waals surface area contributed by atoms with Crippen LogP contribution in [0.2, 0.25) is 0 Å². The minimum absolute atomic E-state index is 0.363. The van der Waals surface area contributed by atoms with E-state index in [1.165, 1.54) is 14.2 Å². The van der Waals surface area contributed by atoms with Gasteiger partial charge in [-0.1, -0.05) is 24.3 Å². The minimum Gasteiger partial charge on any atom is -0.452 e. The van der Waals surface area contributed by atoms with E-state index in [0.717, 1.165) is 29.2 Å². The molecule has 2 aromatic rings. The predicted molar refractivity (Wildman–Crippen MR) is 85.1 cm³/mol. The first-order chi connectivity index (χ1) is 11.2. The molecule has 0 bridgehead atoms. The summed E-state index contributed by atoms with van der Waals surface area (Å²) in [5.41, 5.74) is 1.76. The third kappa shape index (κ3) is 2.67. The SMILES string of the molecule is COC(=O)Oc1cc2c(c3ccccc13)CCCN2C(=O)OC. The number of nitrogens with zero attached hydrogens (tertiary/aromatic N) is 1. The average molecular weight is 315 g/mol. The van der Waals surface area contributed by atoms with Gasteiger partial charge in [0, 0.05) is 18.0 Å². The summed E-state index contributed by atoms with van der Waals surface area (Å²) in [4.78, 5) is 25.1. The van der Waals surface area contributed by atoms with E-state index in [0.29, 0.717) is 18.0 Å². The lowest BCUT2D eigenvalue weighted by atomic mass is 9.94. The Hall–Kier alpha value is -2.76. The van der Waals surface area contributed by atoms with Crippen LogP contribution in [0.4, 0.5) is 15.3 Å². The fourth-order valence-corrected chi connectivity index (χ4v) is 2.94. The molecule has 3 rings (SSSR count). The summed E-state index contributed by atoms with van der Waals surface area (Å²) in [7, 11) is 2.60. The Labute approximate surface area is 133 Å². The highest BCUT2D eigenvalue weighted by Crippen LogP contribution is 2.39. The van der Waals surface area contributed by atoms with Crippen LogP contribution in [0.1, 0.15) is 12.0 Å². The Morgan fingerprint density at radius 3 is 2.52 bits per heavy atom. The van der Waals surface area contributed by atoms with Gasteiger partial charge in [0.05, 0.1) is 19.9 Å². The number of amides is 1. The van der Waals surface area contributed by atoms with Crippen LogP contribution in [0, 0.1) is 0 Å². The normalized spacial score (nSPS) is 13.4. The quantitative estimate of drug-likeness (QED) is 0.595. The molecule has 6 heteroatoms. The van der Waals surface area contributed by atoms with E-state index < -0.39 is 12.2 Å². The van der Waals surface area contributed by atoms with Crippen LogP contribution in [-0.2, 0) is 15.9 Å². The molecule has 0 radical (unpaired) electrons. The largest absolute Gasteiger partial charge is 0.513 e. The number of hydrogen-bond acceptors (Lipinski definition) is 5. The van der Waals surface area contributed by atoms with E-state index in [4.69, 9.17) is 9.47 Å². The van der Waals surface area contributed by atoms with Gasteiger partial charge in [0.2, 0.25) is 0 Å². The molecule has 0 aromatic heterocycles. The standard InChI is InChI=1S/C17H17NO5/c1-21-16(19)18-9-5-8-12-11-6-3-4-7-13(11)15(10-14(12)18)23-17(20)22-2/h3-4,6-7,10H,5,8-9H2,1-2H3. The second-order valence-electron chi connectivity index (χ2n) is 5.20. The van der Waals surface area contributed by atoms with E-state index in [1.807, 2.05) is 24.3 Å². The summed E-state index contributed by atoms with van der Waals surface area (Å²) in [6, 6.07) is 9.33. The van der Waals surface area contributed by atoms with Gasteiger partial charge in [-0.2, -0.15) is 0 Å². The number of rotatable bonds is 1. The number of carbonyl (C=O) groups is 2. The molecule has 0 saturated carbocycles. The van der Waals surface area contributed by atoms with Gasteiger partial charge in [0.15, 0.2) is 0 Å². The Balaban J connectivity index is 2.20. The number of benzene rings is 2. The summed E-state index contributed by atoms with van der Waals surface area (Å²) in [6.07, 6.45) is 0.478. The maximum Gasteiger partial charge on any atom is 0.513 e. The van der Waals surface area contributed by atoms with Crippen molar-refractivity contribution in [3.63, 3.8) is 0 Å². The van der Waals surface area contributed by atoms with Crippen LogP contribution in [0.3, 0.4) is 0 Å². The zero-order chi connectivity index (χ0) is 16.4. The van der Waals surface area contributed by atoms with E-state index in [9.17, 15) is 9.59 Å². The molecule has 2 aromatic carbocycles. The van der Waals surface area contributed by atoms with Crippen LogP contribution in [-0.4, -0.2) is 33.0 Å². The van der Waals surface area contributed by atoms with E-state index in [1.54, 1.807) is 11.0 Å². The molecule has 120 valence electrons. The van der Waals surface area contributed by atoms with Crippen LogP contribution in [0.5, 0.6) is 5.75 Å². The molecule has 1 amide bonds. The molecule has 23 heavy (non-hydrogen) atoms. The van der Waals surface area contributed by atoms with Gasteiger partial charge in [0.1, 0.15) is 5.75 Å². The molecule has 1 heterocycles. The summed E-state index contributed by atoms with van der Waals surface area (Å²) in [5.74, 6) is 0.363. The first-order valence-corrected chi connectivity index (χ1v) is 7.31. The second-order valence-corrected chi connectivity index (χ2v) is 5.20. The van der Waals surface area contributed by atoms with Gasteiger partial charge in [-0.15, -0.1) is 0 Å². The lowest BCUT2D eigenvalue weighted by Crippen LogP contribution is -2.35. The van der Waals surface area contributed by atoms with Gasteiger partial charge in [-0.25, -0.2) is 9.59 Å². The van der Waals surface area contributed by atoms with Crippen molar-refractivity contribution in [1.29, 1.82) is 0 Å². The molecule has 0 unspecified atom stereocenters. The Kier molecular flexibility index (Phi) is 4.06. The van der Waals surface area contributed by atoms with Crippen molar-refractivity contribution in [3.05, 3.63) is 35.9 Å². The maximum atomic E-state index is 12.0. The molecule has 0 spiro atoms. The number of ether oxygens (including phenoxy) is 3. The van der Waals surface area contributed by atoms with Crippen LogP contribution >= 0.6 is 0 Å². The van der Waals surface area contributed by atoms with Crippen LogP contribution in [0.15, 0.2) is 30.3 Å². The van der Waals surface area contributed by atoms with E-state index in [-0.39, 0.29) is 0 Å². The highest BCUT2D eigenvalue weighted by molar-refractivity contribution is 6.00. The summed E-state index contributed by atoms with van der Waals surface area (Å²) in [5, 5.41) is 1.76. The molecule has 1 aliphatic rings. The van der Waals surface area contributed by atoms with Gasteiger partial charge in [-0.05, 0) is 23.8 Å². The van der Waals surface area contributed by atoms with Crippen molar-refractivity contribution in [2.24, 2.45) is 0 Å². The highest BCUT2D eigenvalue weighted by Gasteiger charge is 2.26. The molecule has 1 aliphatic heterocycles. The molecular formula is C17H17NO5. The summed E-state index contributed by atoms with van der Waals surface area (Å²) in [6.45, 7) is 0.565. The van der Waals surface area contributed by atoms with Crippen molar-refractivity contribution in [1.82, 2.24) is 0 Å². The molecule has 0 aliphatic carbocycles. The van der Waals surface area contributed by atoms with Crippen molar-refractivity contribution >= 4 is 28.7 Å². The average Bonchev–Trinajstić information content (AvgIpc) is 2.60. The number of aryl methyl sites for hydroxylation is 1. The molecule has 0 saturated heterocycles. The predicted octanol–water partition coefficient (Wildman–Crippen LogP) is 3.50. The van der Waals surface area contributed by atoms with E-state index in [2.05, 4.69) is 4.74 Å². The van der Waals surface area contributed by atoms with Gasteiger partial charge < -0.3 is 14.2 Å². The number of hydrogen-bond donors (Lipinski definition) is 0. The Morgan fingerprint density at radius 1 is 1.09 bits per heavy atom. The topological polar surface area (TPSA) is 65.1 Å². The van der Waals surface area contributed by atoms with Gasteiger partial charge in [0.25, 0.3) is 0 Å². The van der Waals surface area contributed by atoms with Crippen LogP contribution in [0.25, 0.3) is 10.8 Å². The minimum atomic E-state index is -0.796. The number of fused-ring (bicyclic) bond motifs is 3. The van der Waals surface area contributed by atoms with Crippen molar-refractivity contribution in [2.75, 3.05) is 25.7 Å². The number of carbonyl (C=O) groups excluding carboxylic acids is 2. The second kappa shape index (κ2) is 6.16. The van der Waals surface area contributed by atoms with Crippen LogP contribution < -0.4 is 9.64 Å². The third-order valence-electron chi connectivity index (χ3n) is 3.95. The third-order valence-corrected chi connectivity index (χ3v) is 3.95. The summed E-state index contributed by atoms with van der Waals surface area (Å²) < 4.78 is 14.7. The molecule has 0 fully saturated rings. The van der Waals surface area contributed by atoms with Gasteiger partial charge >= 0.3 is 12.2 Å². The Bertz CT molecular complexity index is 771. The maximum absolute atomic E-state index is 12.0. The fourth-order valence-electron chi connectivity index (χ4n) is 2.94. The number of methoxy groups -OCH3 is 2. The lowest BCUT2D eigenvalue weighted by Gasteiger charge is -2.29.